The van der Waals surface area contributed by atoms with Gasteiger partial charge in [-0.3, -0.25) is 0 Å². The predicted octanol–water partition coefficient (Wildman–Crippen LogP) is 4.87. The van der Waals surface area contributed by atoms with Crippen molar-refractivity contribution in [3.8, 4) is 6.07 Å². The maximum Gasteiger partial charge on any atom is 0.0693 e. The molecule has 0 atom stereocenters. The highest BCUT2D eigenvalue weighted by atomic mass is 35.5. The lowest BCUT2D eigenvalue weighted by atomic mass is 9.78. The van der Waals surface area contributed by atoms with Crippen LogP contribution in [0.1, 0.15) is 32.3 Å². The van der Waals surface area contributed by atoms with E-state index in [9.17, 15) is 5.26 Å². The smallest absolute Gasteiger partial charge is 0.0693 e. The lowest BCUT2D eigenvalue weighted by molar-refractivity contribution is 0.363. The van der Waals surface area contributed by atoms with Gasteiger partial charge >= 0.3 is 0 Å². The Morgan fingerprint density at radius 1 is 1.25 bits per heavy atom. The summed E-state index contributed by atoms with van der Waals surface area (Å²) in [5.74, 6) is 0. The van der Waals surface area contributed by atoms with E-state index in [2.05, 4.69) is 6.07 Å². The lowest BCUT2D eigenvalue weighted by Crippen LogP contribution is -2.19. The minimum absolute atomic E-state index is 0.308. The van der Waals surface area contributed by atoms with Crippen molar-refractivity contribution in [1.82, 2.24) is 0 Å². The summed E-state index contributed by atoms with van der Waals surface area (Å²) in [4.78, 5) is 0. The zero-order valence-corrected chi connectivity index (χ0v) is 11.1. The van der Waals surface area contributed by atoms with Crippen molar-refractivity contribution in [3.63, 3.8) is 0 Å². The molecule has 86 valence electrons. The van der Waals surface area contributed by atoms with Crippen LogP contribution in [0.15, 0.2) is 18.2 Å². The molecule has 0 amide bonds. The van der Waals surface area contributed by atoms with Crippen LogP contribution < -0.4 is 0 Å². The van der Waals surface area contributed by atoms with Crippen LogP contribution in [-0.4, -0.2) is 0 Å². The van der Waals surface area contributed by atoms with Gasteiger partial charge in [0, 0.05) is 10.0 Å². The summed E-state index contributed by atoms with van der Waals surface area (Å²) in [6.45, 7) is 4.08. The van der Waals surface area contributed by atoms with E-state index in [-0.39, 0.29) is 5.41 Å². The molecule has 0 aliphatic heterocycles. The number of hydrogen-bond donors (Lipinski definition) is 0. The molecule has 0 N–H and O–H groups in total. The van der Waals surface area contributed by atoms with Crippen LogP contribution in [0.5, 0.6) is 0 Å². The Morgan fingerprint density at radius 3 is 2.31 bits per heavy atom. The number of halogens is 2. The highest BCUT2D eigenvalue weighted by molar-refractivity contribution is 6.35. The van der Waals surface area contributed by atoms with E-state index in [4.69, 9.17) is 23.2 Å². The van der Waals surface area contributed by atoms with Crippen molar-refractivity contribution in [3.05, 3.63) is 33.8 Å². The zero-order chi connectivity index (χ0) is 12.2. The fraction of sp³-hybridized carbons (Fsp3) is 0.462. The van der Waals surface area contributed by atoms with E-state index >= 15 is 0 Å². The van der Waals surface area contributed by atoms with E-state index in [0.29, 0.717) is 16.5 Å². The molecule has 0 heterocycles. The predicted molar refractivity (Wildman–Crippen MR) is 68.8 cm³/mol. The summed E-state index contributed by atoms with van der Waals surface area (Å²) < 4.78 is 0. The minimum Gasteiger partial charge on any atom is -0.198 e. The van der Waals surface area contributed by atoms with E-state index in [0.717, 1.165) is 18.4 Å². The molecule has 0 aliphatic carbocycles. The molecule has 1 aromatic carbocycles. The quantitative estimate of drug-likeness (QED) is 0.754. The maximum absolute atomic E-state index is 9.26. The third kappa shape index (κ3) is 2.90. The standard InChI is InChI=1S/C13H15Cl2N/c1-3-13(4-2,9-16)8-10-5-6-11(14)7-12(10)15/h5-7H,3-4,8H2,1-2H3. The Hall–Kier alpha value is -0.710. The van der Waals surface area contributed by atoms with Crippen molar-refractivity contribution < 1.29 is 0 Å². The van der Waals surface area contributed by atoms with Crippen molar-refractivity contribution in [2.24, 2.45) is 5.41 Å². The molecule has 0 aliphatic rings. The number of benzene rings is 1. The first-order valence-corrected chi connectivity index (χ1v) is 6.17. The largest absolute Gasteiger partial charge is 0.198 e. The van der Waals surface area contributed by atoms with Crippen LogP contribution in [-0.2, 0) is 6.42 Å². The van der Waals surface area contributed by atoms with Gasteiger partial charge in [0.15, 0.2) is 0 Å². The van der Waals surface area contributed by atoms with Crippen LogP contribution in [0.2, 0.25) is 10.0 Å². The van der Waals surface area contributed by atoms with Crippen molar-refractivity contribution in [1.29, 1.82) is 5.26 Å². The van der Waals surface area contributed by atoms with Gasteiger partial charge in [-0.25, -0.2) is 0 Å². The summed E-state index contributed by atoms with van der Waals surface area (Å²) >= 11 is 12.0. The Kier molecular flexibility index (Phi) is 4.65. The average Bonchev–Trinajstić information content (AvgIpc) is 2.29. The van der Waals surface area contributed by atoms with Crippen molar-refractivity contribution in [2.75, 3.05) is 0 Å². The summed E-state index contributed by atoms with van der Waals surface area (Å²) in [5.41, 5.74) is 0.689. The fourth-order valence-corrected chi connectivity index (χ4v) is 2.20. The van der Waals surface area contributed by atoms with E-state index in [1.165, 1.54) is 0 Å². The summed E-state index contributed by atoms with van der Waals surface area (Å²) in [5, 5.41) is 10.5. The molecule has 3 heteroatoms. The molecule has 0 spiro atoms. The van der Waals surface area contributed by atoms with Gasteiger partial charge in [0.05, 0.1) is 11.5 Å². The first-order chi connectivity index (χ1) is 7.56. The maximum atomic E-state index is 9.26. The van der Waals surface area contributed by atoms with Crippen LogP contribution in [0, 0.1) is 16.7 Å². The number of nitriles is 1. The van der Waals surface area contributed by atoms with Crippen molar-refractivity contribution >= 4 is 23.2 Å². The SMILES string of the molecule is CCC(C#N)(CC)Cc1ccc(Cl)cc1Cl. The van der Waals surface area contributed by atoms with Gasteiger partial charge < -0.3 is 0 Å². The number of nitrogens with zero attached hydrogens (tertiary/aromatic N) is 1. The van der Waals surface area contributed by atoms with Gasteiger partial charge in [-0.05, 0) is 37.0 Å². The second kappa shape index (κ2) is 5.57. The van der Waals surface area contributed by atoms with Crippen LogP contribution in [0.3, 0.4) is 0 Å². The van der Waals surface area contributed by atoms with Gasteiger partial charge in [0.25, 0.3) is 0 Å². The van der Waals surface area contributed by atoms with E-state index in [1.807, 2.05) is 26.0 Å². The number of hydrogen-bond acceptors (Lipinski definition) is 1. The molecule has 1 aromatic rings. The first kappa shape index (κ1) is 13.4. The summed E-state index contributed by atoms with van der Waals surface area (Å²) in [6, 6.07) is 7.86. The molecule has 1 nitrogen and oxygen atoms in total. The highest BCUT2D eigenvalue weighted by Crippen LogP contribution is 2.33. The Morgan fingerprint density at radius 2 is 1.88 bits per heavy atom. The van der Waals surface area contributed by atoms with Gasteiger partial charge in [0.1, 0.15) is 0 Å². The highest BCUT2D eigenvalue weighted by Gasteiger charge is 2.26. The molecule has 0 saturated heterocycles. The Bertz CT molecular complexity index is 403. The molecule has 1 rings (SSSR count). The molecule has 0 fully saturated rings. The molecule has 0 bridgehead atoms. The topological polar surface area (TPSA) is 23.8 Å². The van der Waals surface area contributed by atoms with Crippen LogP contribution in [0.4, 0.5) is 0 Å². The van der Waals surface area contributed by atoms with Gasteiger partial charge in [0.2, 0.25) is 0 Å². The van der Waals surface area contributed by atoms with Crippen LogP contribution >= 0.6 is 23.2 Å². The molecule has 0 aromatic heterocycles. The van der Waals surface area contributed by atoms with Gasteiger partial charge in [-0.2, -0.15) is 5.26 Å². The summed E-state index contributed by atoms with van der Waals surface area (Å²) in [6.07, 6.45) is 2.35. The van der Waals surface area contributed by atoms with Gasteiger partial charge in [-0.1, -0.05) is 43.1 Å². The molecular weight excluding hydrogens is 241 g/mol. The Labute approximate surface area is 107 Å². The molecule has 0 saturated carbocycles. The monoisotopic (exact) mass is 255 g/mol. The first-order valence-electron chi connectivity index (χ1n) is 5.42. The fourth-order valence-electron chi connectivity index (χ4n) is 1.73. The second-order valence-electron chi connectivity index (χ2n) is 4.01. The normalized spacial score (nSPS) is 11.2. The van der Waals surface area contributed by atoms with Gasteiger partial charge in [-0.15, -0.1) is 0 Å². The van der Waals surface area contributed by atoms with Crippen molar-refractivity contribution in [2.45, 2.75) is 33.1 Å². The minimum atomic E-state index is -0.308. The lowest BCUT2D eigenvalue weighted by Gasteiger charge is -2.23. The Balaban J connectivity index is 2.99. The number of rotatable bonds is 4. The molecule has 0 radical (unpaired) electrons. The zero-order valence-electron chi connectivity index (χ0n) is 9.56. The van der Waals surface area contributed by atoms with E-state index < -0.39 is 0 Å². The summed E-state index contributed by atoms with van der Waals surface area (Å²) in [7, 11) is 0. The van der Waals surface area contributed by atoms with E-state index in [1.54, 1.807) is 6.07 Å². The van der Waals surface area contributed by atoms with Crippen LogP contribution in [0.25, 0.3) is 0 Å². The third-order valence-corrected chi connectivity index (χ3v) is 3.72. The molecule has 0 unspecified atom stereocenters. The second-order valence-corrected chi connectivity index (χ2v) is 4.86. The average molecular weight is 256 g/mol. The molecular formula is C13H15Cl2N. The third-order valence-electron chi connectivity index (χ3n) is 3.13. The molecule has 16 heavy (non-hydrogen) atoms.